The fourth-order valence-corrected chi connectivity index (χ4v) is 2.28. The minimum Gasteiger partial charge on any atom is -0.406 e. The van der Waals surface area contributed by atoms with Gasteiger partial charge in [0.1, 0.15) is 5.75 Å². The Kier molecular flexibility index (Phi) is 3.53. The van der Waals surface area contributed by atoms with Gasteiger partial charge in [0.15, 0.2) is 5.78 Å². The van der Waals surface area contributed by atoms with Crippen LogP contribution in [0.15, 0.2) is 22.7 Å². The molecule has 1 amide bonds. The molecule has 1 aliphatic rings. The summed E-state index contributed by atoms with van der Waals surface area (Å²) < 4.78 is 40.1. The average Bonchev–Trinajstić information content (AvgIpc) is 2.55. The number of carbonyl (C=O) groups excluding carboxylic acids is 2. The maximum atomic E-state index is 12.0. The first kappa shape index (κ1) is 13.9. The predicted octanol–water partition coefficient (Wildman–Crippen LogP) is 2.65. The third kappa shape index (κ3) is 3.25. The molecule has 0 spiro atoms. The van der Waals surface area contributed by atoms with Crippen molar-refractivity contribution in [2.75, 3.05) is 11.4 Å². The first-order valence-electron chi connectivity index (χ1n) is 5.13. The van der Waals surface area contributed by atoms with Crippen molar-refractivity contribution in [2.24, 2.45) is 0 Å². The first-order chi connectivity index (χ1) is 8.76. The normalized spacial score (nSPS) is 16.1. The Hall–Kier alpha value is -1.57. The highest BCUT2D eigenvalue weighted by Gasteiger charge is 2.32. The molecule has 1 heterocycles. The van der Waals surface area contributed by atoms with Crippen LogP contribution < -0.4 is 9.64 Å². The van der Waals surface area contributed by atoms with E-state index >= 15 is 0 Å². The Bertz CT molecular complexity index is 544. The van der Waals surface area contributed by atoms with Crippen molar-refractivity contribution in [1.82, 2.24) is 0 Å². The molecule has 102 valence electrons. The molecule has 4 nitrogen and oxygen atoms in total. The third-order valence-electron chi connectivity index (χ3n) is 2.43. The standard InChI is InChI=1S/C11H7BrF3NO3/c12-8-4-7(19-11(13,14)15)1-2-9(8)16-5-6(17)3-10(16)18/h1-2,4H,3,5H2. The van der Waals surface area contributed by atoms with Gasteiger partial charge in [0.25, 0.3) is 0 Å². The molecule has 8 heteroatoms. The number of halogens is 4. The minimum absolute atomic E-state index is 0.0725. The van der Waals surface area contributed by atoms with E-state index in [4.69, 9.17) is 0 Å². The van der Waals surface area contributed by atoms with Crippen molar-refractivity contribution >= 4 is 33.3 Å². The zero-order chi connectivity index (χ0) is 14.2. The molecule has 1 aromatic carbocycles. The number of carbonyl (C=O) groups is 2. The number of hydrogen-bond acceptors (Lipinski definition) is 3. The smallest absolute Gasteiger partial charge is 0.406 e. The van der Waals surface area contributed by atoms with Gasteiger partial charge in [-0.1, -0.05) is 0 Å². The van der Waals surface area contributed by atoms with Crippen LogP contribution in [0.25, 0.3) is 0 Å². The number of amides is 1. The van der Waals surface area contributed by atoms with E-state index in [1.165, 1.54) is 11.0 Å². The molecule has 1 fully saturated rings. The highest BCUT2D eigenvalue weighted by molar-refractivity contribution is 9.10. The number of Topliss-reactive ketones (excluding diaryl/α,β-unsaturated/α-hetero) is 1. The molecular weight excluding hydrogens is 331 g/mol. The van der Waals surface area contributed by atoms with E-state index in [-0.39, 0.29) is 29.1 Å². The molecule has 0 saturated carbocycles. The topological polar surface area (TPSA) is 46.6 Å². The van der Waals surface area contributed by atoms with Crippen molar-refractivity contribution in [3.8, 4) is 5.75 Å². The van der Waals surface area contributed by atoms with E-state index < -0.39 is 12.1 Å². The molecule has 0 aromatic heterocycles. The van der Waals surface area contributed by atoms with Gasteiger partial charge in [0.05, 0.1) is 18.7 Å². The summed E-state index contributed by atoms with van der Waals surface area (Å²) in [5.41, 5.74) is 0.338. The predicted molar refractivity (Wildman–Crippen MR) is 62.8 cm³/mol. The molecule has 0 unspecified atom stereocenters. The number of ether oxygens (including phenoxy) is 1. The second kappa shape index (κ2) is 4.84. The lowest BCUT2D eigenvalue weighted by molar-refractivity contribution is -0.274. The molecule has 0 atom stereocenters. The van der Waals surface area contributed by atoms with Crippen molar-refractivity contribution in [2.45, 2.75) is 12.8 Å². The zero-order valence-electron chi connectivity index (χ0n) is 9.33. The molecule has 0 N–H and O–H groups in total. The number of alkyl halides is 3. The van der Waals surface area contributed by atoms with Gasteiger partial charge in [-0.2, -0.15) is 0 Å². The fourth-order valence-electron chi connectivity index (χ4n) is 1.71. The molecule has 1 aromatic rings. The van der Waals surface area contributed by atoms with Gasteiger partial charge < -0.3 is 9.64 Å². The highest BCUT2D eigenvalue weighted by atomic mass is 79.9. The summed E-state index contributed by atoms with van der Waals surface area (Å²) in [6.45, 7) is -0.0725. The van der Waals surface area contributed by atoms with Crippen LogP contribution in [0.4, 0.5) is 18.9 Å². The lowest BCUT2D eigenvalue weighted by Gasteiger charge is -2.17. The fraction of sp³-hybridized carbons (Fsp3) is 0.273. The maximum absolute atomic E-state index is 12.0. The molecule has 0 bridgehead atoms. The quantitative estimate of drug-likeness (QED) is 0.779. The van der Waals surface area contributed by atoms with Crippen LogP contribution in [0.1, 0.15) is 6.42 Å². The van der Waals surface area contributed by atoms with E-state index in [0.717, 1.165) is 12.1 Å². The summed E-state index contributed by atoms with van der Waals surface area (Å²) in [6.07, 6.45) is -4.96. The van der Waals surface area contributed by atoms with E-state index in [9.17, 15) is 22.8 Å². The summed E-state index contributed by atoms with van der Waals surface area (Å²) in [4.78, 5) is 23.9. The molecule has 1 saturated heterocycles. The Morgan fingerprint density at radius 1 is 1.26 bits per heavy atom. The summed E-state index contributed by atoms with van der Waals surface area (Å²) >= 11 is 3.06. The Labute approximate surface area is 114 Å². The Morgan fingerprint density at radius 3 is 2.42 bits per heavy atom. The van der Waals surface area contributed by atoms with Crippen molar-refractivity contribution in [1.29, 1.82) is 0 Å². The van der Waals surface area contributed by atoms with E-state index in [0.29, 0.717) is 5.69 Å². The maximum Gasteiger partial charge on any atom is 0.573 e. The van der Waals surface area contributed by atoms with Crippen LogP contribution in [0.5, 0.6) is 5.75 Å². The molecular formula is C11H7BrF3NO3. The number of rotatable bonds is 2. The Balaban J connectivity index is 2.25. The monoisotopic (exact) mass is 337 g/mol. The second-order valence-corrected chi connectivity index (χ2v) is 4.71. The SMILES string of the molecule is O=C1CC(=O)N(c2ccc(OC(F)(F)F)cc2Br)C1. The second-order valence-electron chi connectivity index (χ2n) is 3.86. The van der Waals surface area contributed by atoms with Crippen LogP contribution in [-0.4, -0.2) is 24.6 Å². The van der Waals surface area contributed by atoms with E-state index in [2.05, 4.69) is 20.7 Å². The van der Waals surface area contributed by atoms with Gasteiger partial charge in [-0.25, -0.2) is 0 Å². The number of nitrogens with zero attached hydrogens (tertiary/aromatic N) is 1. The van der Waals surface area contributed by atoms with Gasteiger partial charge in [-0.15, -0.1) is 13.2 Å². The van der Waals surface area contributed by atoms with Crippen molar-refractivity contribution in [3.63, 3.8) is 0 Å². The van der Waals surface area contributed by atoms with Crippen LogP contribution >= 0.6 is 15.9 Å². The number of hydrogen-bond donors (Lipinski definition) is 0. The summed E-state index contributed by atoms with van der Waals surface area (Å²) in [7, 11) is 0. The average molecular weight is 338 g/mol. The minimum atomic E-state index is -4.78. The van der Waals surface area contributed by atoms with E-state index in [1.54, 1.807) is 0 Å². The van der Waals surface area contributed by atoms with Crippen LogP contribution in [0.3, 0.4) is 0 Å². The van der Waals surface area contributed by atoms with Gasteiger partial charge in [0.2, 0.25) is 5.91 Å². The lowest BCUT2D eigenvalue weighted by atomic mass is 10.3. The third-order valence-corrected chi connectivity index (χ3v) is 3.06. The Morgan fingerprint density at radius 2 is 1.95 bits per heavy atom. The molecule has 2 rings (SSSR count). The number of ketones is 1. The van der Waals surface area contributed by atoms with Crippen LogP contribution in [-0.2, 0) is 9.59 Å². The van der Waals surface area contributed by atoms with Crippen LogP contribution in [0, 0.1) is 0 Å². The largest absolute Gasteiger partial charge is 0.573 e. The van der Waals surface area contributed by atoms with Gasteiger partial charge in [0, 0.05) is 4.47 Å². The first-order valence-corrected chi connectivity index (χ1v) is 5.93. The summed E-state index contributed by atoms with van der Waals surface area (Å²) in [5.74, 6) is -1.01. The number of benzene rings is 1. The highest BCUT2D eigenvalue weighted by Crippen LogP contribution is 2.34. The summed E-state index contributed by atoms with van der Waals surface area (Å²) in [5, 5.41) is 0. The molecule has 19 heavy (non-hydrogen) atoms. The summed E-state index contributed by atoms with van der Waals surface area (Å²) in [6, 6.07) is 3.48. The number of anilines is 1. The van der Waals surface area contributed by atoms with Crippen molar-refractivity contribution in [3.05, 3.63) is 22.7 Å². The molecule has 1 aliphatic heterocycles. The molecule has 0 radical (unpaired) electrons. The zero-order valence-corrected chi connectivity index (χ0v) is 10.9. The lowest BCUT2D eigenvalue weighted by Crippen LogP contribution is -2.25. The van der Waals surface area contributed by atoms with E-state index in [1.807, 2.05) is 0 Å². The van der Waals surface area contributed by atoms with Crippen molar-refractivity contribution < 1.29 is 27.5 Å². The van der Waals surface area contributed by atoms with Gasteiger partial charge in [-0.3, -0.25) is 9.59 Å². The molecule has 0 aliphatic carbocycles. The van der Waals surface area contributed by atoms with Gasteiger partial charge >= 0.3 is 6.36 Å². The van der Waals surface area contributed by atoms with Crippen LogP contribution in [0.2, 0.25) is 0 Å². The van der Waals surface area contributed by atoms with Gasteiger partial charge in [-0.05, 0) is 34.1 Å².